The normalized spacial score (nSPS) is 11.6. The standard InChI is InChI=1S/C21H32N4O3/c1-6-26-19-9-8-16(12-20(19)27-7-2)10-11-23-21(22-5)24-14-17-13-18(15(3)4)25-28-17/h8-9,12-13,15H,6-7,10-11,14H2,1-5H3,(H2,22,23,24). The van der Waals surface area contributed by atoms with Crippen LogP contribution in [0.3, 0.4) is 0 Å². The first-order valence-electron chi connectivity index (χ1n) is 9.85. The van der Waals surface area contributed by atoms with E-state index in [9.17, 15) is 0 Å². The molecule has 0 radical (unpaired) electrons. The molecule has 0 bridgehead atoms. The van der Waals surface area contributed by atoms with E-state index in [2.05, 4.69) is 40.7 Å². The fourth-order valence-electron chi connectivity index (χ4n) is 2.65. The Morgan fingerprint density at radius 1 is 1.11 bits per heavy atom. The van der Waals surface area contributed by atoms with Crippen LogP contribution in [0.5, 0.6) is 11.5 Å². The van der Waals surface area contributed by atoms with E-state index in [1.165, 1.54) is 5.56 Å². The maximum Gasteiger partial charge on any atom is 0.191 e. The van der Waals surface area contributed by atoms with Gasteiger partial charge in [-0.3, -0.25) is 4.99 Å². The van der Waals surface area contributed by atoms with Crippen LogP contribution in [0.4, 0.5) is 0 Å². The zero-order chi connectivity index (χ0) is 20.4. The minimum atomic E-state index is 0.352. The number of benzene rings is 1. The SMILES string of the molecule is CCOc1ccc(CCNC(=NC)NCc2cc(C(C)C)no2)cc1OCC. The third-order valence-corrected chi connectivity index (χ3v) is 4.14. The Kier molecular flexibility index (Phi) is 8.65. The van der Waals surface area contributed by atoms with Gasteiger partial charge < -0.3 is 24.6 Å². The lowest BCUT2D eigenvalue weighted by atomic mass is 10.1. The summed E-state index contributed by atoms with van der Waals surface area (Å²) in [6, 6.07) is 8.04. The van der Waals surface area contributed by atoms with Crippen molar-refractivity contribution in [3.63, 3.8) is 0 Å². The van der Waals surface area contributed by atoms with Crippen molar-refractivity contribution >= 4 is 5.96 Å². The molecule has 2 N–H and O–H groups in total. The number of hydrogen-bond acceptors (Lipinski definition) is 5. The van der Waals surface area contributed by atoms with Crippen molar-refractivity contribution in [1.82, 2.24) is 15.8 Å². The molecular formula is C21H32N4O3. The minimum absolute atomic E-state index is 0.352. The minimum Gasteiger partial charge on any atom is -0.490 e. The summed E-state index contributed by atoms with van der Waals surface area (Å²) in [6.45, 7) is 10.6. The second-order valence-electron chi connectivity index (χ2n) is 6.62. The molecule has 2 rings (SSSR count). The van der Waals surface area contributed by atoms with Crippen molar-refractivity contribution in [2.24, 2.45) is 4.99 Å². The molecule has 0 aliphatic carbocycles. The first-order valence-corrected chi connectivity index (χ1v) is 9.85. The second-order valence-corrected chi connectivity index (χ2v) is 6.62. The van der Waals surface area contributed by atoms with Crippen LogP contribution in [-0.4, -0.2) is 37.9 Å². The summed E-state index contributed by atoms with van der Waals surface area (Å²) in [5.41, 5.74) is 2.13. The van der Waals surface area contributed by atoms with Crippen LogP contribution in [0.25, 0.3) is 0 Å². The van der Waals surface area contributed by atoms with Gasteiger partial charge in [0, 0.05) is 19.7 Å². The van der Waals surface area contributed by atoms with Crippen LogP contribution in [0.1, 0.15) is 50.6 Å². The van der Waals surface area contributed by atoms with Gasteiger partial charge >= 0.3 is 0 Å². The van der Waals surface area contributed by atoms with Crippen molar-refractivity contribution in [2.75, 3.05) is 26.8 Å². The van der Waals surface area contributed by atoms with Crippen molar-refractivity contribution in [1.29, 1.82) is 0 Å². The lowest BCUT2D eigenvalue weighted by Gasteiger charge is -2.13. The molecule has 0 atom stereocenters. The number of nitrogens with one attached hydrogen (secondary N) is 2. The summed E-state index contributed by atoms with van der Waals surface area (Å²) in [7, 11) is 1.75. The topological polar surface area (TPSA) is 80.9 Å². The molecule has 0 spiro atoms. The summed E-state index contributed by atoms with van der Waals surface area (Å²) >= 11 is 0. The molecule has 0 amide bonds. The third kappa shape index (κ3) is 6.48. The van der Waals surface area contributed by atoms with Gasteiger partial charge in [0.25, 0.3) is 0 Å². The first-order chi connectivity index (χ1) is 13.6. The van der Waals surface area contributed by atoms with Crippen molar-refractivity contribution in [2.45, 2.75) is 46.6 Å². The van der Waals surface area contributed by atoms with E-state index in [-0.39, 0.29) is 0 Å². The second kappa shape index (κ2) is 11.2. The molecule has 0 aliphatic rings. The zero-order valence-electron chi connectivity index (χ0n) is 17.5. The van der Waals surface area contributed by atoms with Crippen molar-refractivity contribution in [3.05, 3.63) is 41.3 Å². The Bertz CT molecular complexity index is 756. The summed E-state index contributed by atoms with van der Waals surface area (Å²) < 4.78 is 16.6. The van der Waals surface area contributed by atoms with E-state index < -0.39 is 0 Å². The summed E-state index contributed by atoms with van der Waals surface area (Å²) in [5, 5.41) is 10.6. The van der Waals surface area contributed by atoms with Crippen LogP contribution >= 0.6 is 0 Å². The van der Waals surface area contributed by atoms with Crippen LogP contribution in [0.15, 0.2) is 33.8 Å². The monoisotopic (exact) mass is 388 g/mol. The highest BCUT2D eigenvalue weighted by Crippen LogP contribution is 2.28. The molecule has 0 saturated heterocycles. The fraction of sp³-hybridized carbons (Fsp3) is 0.524. The lowest BCUT2D eigenvalue weighted by molar-refractivity contribution is 0.287. The maximum absolute atomic E-state index is 5.69. The number of nitrogens with zero attached hydrogens (tertiary/aromatic N) is 2. The lowest BCUT2D eigenvalue weighted by Crippen LogP contribution is -2.37. The van der Waals surface area contributed by atoms with Crippen LogP contribution in [-0.2, 0) is 13.0 Å². The third-order valence-electron chi connectivity index (χ3n) is 4.14. The average molecular weight is 389 g/mol. The molecule has 0 unspecified atom stereocenters. The van der Waals surface area contributed by atoms with Gasteiger partial charge in [-0.25, -0.2) is 0 Å². The first kappa shape index (κ1) is 21.6. The van der Waals surface area contributed by atoms with E-state index in [4.69, 9.17) is 14.0 Å². The molecule has 0 fully saturated rings. The van der Waals surface area contributed by atoms with E-state index >= 15 is 0 Å². The van der Waals surface area contributed by atoms with Gasteiger partial charge in [-0.1, -0.05) is 25.1 Å². The number of ether oxygens (including phenoxy) is 2. The molecule has 0 saturated carbocycles. The highest BCUT2D eigenvalue weighted by molar-refractivity contribution is 5.79. The summed E-state index contributed by atoms with van der Waals surface area (Å²) in [4.78, 5) is 4.25. The quantitative estimate of drug-likeness (QED) is 0.479. The van der Waals surface area contributed by atoms with Crippen LogP contribution < -0.4 is 20.1 Å². The molecule has 1 heterocycles. The molecule has 154 valence electrons. The molecular weight excluding hydrogens is 356 g/mol. The average Bonchev–Trinajstić information content (AvgIpc) is 3.16. The Morgan fingerprint density at radius 3 is 2.50 bits per heavy atom. The number of guanidine groups is 1. The number of aromatic nitrogens is 1. The van der Waals surface area contributed by atoms with Gasteiger partial charge in [0.15, 0.2) is 23.2 Å². The number of rotatable bonds is 10. The Morgan fingerprint density at radius 2 is 1.86 bits per heavy atom. The van der Waals surface area contributed by atoms with E-state index in [0.29, 0.717) is 25.7 Å². The molecule has 0 aliphatic heterocycles. The van der Waals surface area contributed by atoms with E-state index in [0.717, 1.165) is 41.9 Å². The zero-order valence-corrected chi connectivity index (χ0v) is 17.5. The molecule has 28 heavy (non-hydrogen) atoms. The molecule has 2 aromatic rings. The van der Waals surface area contributed by atoms with Gasteiger partial charge in [0.2, 0.25) is 0 Å². The molecule has 7 nitrogen and oxygen atoms in total. The van der Waals surface area contributed by atoms with E-state index in [1.807, 2.05) is 32.0 Å². The van der Waals surface area contributed by atoms with Gasteiger partial charge in [-0.2, -0.15) is 0 Å². The smallest absolute Gasteiger partial charge is 0.191 e. The molecule has 1 aromatic carbocycles. The Labute approximate surface area is 167 Å². The number of hydrogen-bond donors (Lipinski definition) is 2. The highest BCUT2D eigenvalue weighted by Gasteiger charge is 2.09. The predicted molar refractivity (Wildman–Crippen MR) is 111 cm³/mol. The van der Waals surface area contributed by atoms with Gasteiger partial charge in [-0.15, -0.1) is 0 Å². The summed E-state index contributed by atoms with van der Waals surface area (Å²) in [6.07, 6.45) is 0.840. The fourth-order valence-corrected chi connectivity index (χ4v) is 2.65. The number of aliphatic imine (C=N–C) groups is 1. The maximum atomic E-state index is 5.69. The molecule has 7 heteroatoms. The van der Waals surface area contributed by atoms with Crippen molar-refractivity contribution in [3.8, 4) is 11.5 Å². The van der Waals surface area contributed by atoms with Gasteiger partial charge in [0.05, 0.1) is 25.5 Å². The largest absolute Gasteiger partial charge is 0.490 e. The highest BCUT2D eigenvalue weighted by atomic mass is 16.5. The Balaban J connectivity index is 1.84. The van der Waals surface area contributed by atoms with Gasteiger partial charge in [-0.05, 0) is 43.9 Å². The van der Waals surface area contributed by atoms with Crippen LogP contribution in [0, 0.1) is 0 Å². The van der Waals surface area contributed by atoms with Crippen molar-refractivity contribution < 1.29 is 14.0 Å². The Hall–Kier alpha value is -2.70. The van der Waals surface area contributed by atoms with Crippen LogP contribution in [0.2, 0.25) is 0 Å². The predicted octanol–water partition coefficient (Wildman–Crippen LogP) is 3.50. The van der Waals surface area contributed by atoms with E-state index in [1.54, 1.807) is 7.05 Å². The van der Waals surface area contributed by atoms with Gasteiger partial charge in [0.1, 0.15) is 0 Å². The summed E-state index contributed by atoms with van der Waals surface area (Å²) in [5.74, 6) is 3.44. The molecule has 1 aromatic heterocycles.